The van der Waals surface area contributed by atoms with Crippen molar-refractivity contribution < 1.29 is 45.3 Å². The van der Waals surface area contributed by atoms with Crippen molar-refractivity contribution in [1.82, 2.24) is 0 Å². The average Bonchev–Trinajstić information content (AvgIpc) is 1.63. The van der Waals surface area contributed by atoms with Gasteiger partial charge in [-0.15, -0.1) is 0 Å². The second kappa shape index (κ2) is 21.0. The standard InChI is InChI=1S/C73H56F6O4S2/c1-43-59(67(82-5)84-65(43)50-17-11-8-12-18-50)63-64(72(76,77)73(78,79)71(63,74)75)60-44(2)66(85-68(60)83-6)51-29-31-52(32-30-51)70-40-48-37-49(41-70)39-69(38-48,42-70)36-35-47-25-23-46(24-26-47)28-34-56-54-20-14-21-57(80-3)61(54)55(33-27-45-15-9-7-10-16-45)53-19-13-22-58(81-4)62(53)56/h7-26,29-32,48-49H,37-42H2,1-6H3. The van der Waals surface area contributed by atoms with E-state index in [0.29, 0.717) is 44.2 Å². The van der Waals surface area contributed by atoms with E-state index >= 15 is 26.3 Å². The Morgan fingerprint density at radius 2 is 0.906 bits per heavy atom. The third kappa shape index (κ3) is 8.99. The van der Waals surface area contributed by atoms with Crippen LogP contribution in [0.15, 0.2) is 146 Å². The summed E-state index contributed by atoms with van der Waals surface area (Å²) < 4.78 is 121. The van der Waals surface area contributed by atoms with Crippen LogP contribution in [0.1, 0.15) is 94.2 Å². The minimum Gasteiger partial charge on any atom is -0.496 e. The van der Waals surface area contributed by atoms with Crippen molar-refractivity contribution in [3.63, 3.8) is 0 Å². The Bertz CT molecular complexity index is 4380. The molecule has 2 heterocycles. The Morgan fingerprint density at radius 1 is 0.459 bits per heavy atom. The highest BCUT2D eigenvalue weighted by molar-refractivity contribution is 7.18. The molecule has 5 aliphatic carbocycles. The smallest absolute Gasteiger partial charge is 0.380 e. The topological polar surface area (TPSA) is 36.9 Å². The average molecular weight is 1180 g/mol. The summed E-state index contributed by atoms with van der Waals surface area (Å²) in [5.41, 5.74) is 2.70. The minimum atomic E-state index is -5.77. The fraction of sp³-hybridized carbons (Fsp3) is 0.260. The SMILES string of the molecule is COc1sc(-c2ccccc2)c(C)c1C1=C(c2c(OC)sc(-c3ccc(C45CC6CC(CC(C#Cc7ccc(C#Cc8c9cccc(OC)c9c(C#Cc9ccccc9)c9cccc(OC)c89)cc7)(C6)C4)C5)cc3)c2C)C(F)(F)C(F)(F)C1(F)F. The van der Waals surface area contributed by atoms with Crippen molar-refractivity contribution in [1.29, 1.82) is 0 Å². The first-order valence-corrected chi connectivity index (χ1v) is 29.8. The van der Waals surface area contributed by atoms with Crippen LogP contribution in [0.5, 0.6) is 21.6 Å². The van der Waals surface area contributed by atoms with Crippen LogP contribution in [0, 0.1) is 66.6 Å². The maximum atomic E-state index is 16.6. The van der Waals surface area contributed by atoms with Crippen LogP contribution in [0.4, 0.5) is 26.3 Å². The number of allylic oxidation sites excluding steroid dienone is 2. The number of ether oxygens (including phenoxy) is 4. The zero-order valence-electron chi connectivity index (χ0n) is 47.5. The van der Waals surface area contributed by atoms with E-state index < -0.39 is 40.0 Å². The molecular formula is C73H56F6O4S2. The zero-order valence-corrected chi connectivity index (χ0v) is 49.1. The first-order valence-electron chi connectivity index (χ1n) is 28.2. The predicted octanol–water partition coefficient (Wildman–Crippen LogP) is 18.6. The maximum Gasteiger partial charge on any atom is 0.380 e. The molecule has 14 rings (SSSR count). The molecule has 2 atom stereocenters. The number of benzene rings is 7. The number of halogens is 6. The van der Waals surface area contributed by atoms with Crippen molar-refractivity contribution in [2.24, 2.45) is 17.3 Å². The minimum absolute atomic E-state index is 0.127. The zero-order chi connectivity index (χ0) is 59.2. The van der Waals surface area contributed by atoms with Crippen LogP contribution in [-0.2, 0) is 5.41 Å². The molecule has 0 aliphatic heterocycles. The van der Waals surface area contributed by atoms with Gasteiger partial charge in [0.15, 0.2) is 10.1 Å². The van der Waals surface area contributed by atoms with Gasteiger partial charge in [0.2, 0.25) is 0 Å². The molecule has 4 saturated carbocycles. The van der Waals surface area contributed by atoms with Crippen molar-refractivity contribution in [2.45, 2.75) is 75.6 Å². The van der Waals surface area contributed by atoms with Gasteiger partial charge in [-0.05, 0) is 146 Å². The molecule has 4 nitrogen and oxygen atoms in total. The van der Waals surface area contributed by atoms with E-state index in [-0.39, 0.29) is 32.1 Å². The molecule has 85 heavy (non-hydrogen) atoms. The summed E-state index contributed by atoms with van der Waals surface area (Å²) in [6.45, 7) is 2.97. The number of fused-ring (bicyclic) bond motifs is 2. The van der Waals surface area contributed by atoms with E-state index in [1.54, 1.807) is 44.6 Å². The van der Waals surface area contributed by atoms with Gasteiger partial charge in [-0.3, -0.25) is 0 Å². The van der Waals surface area contributed by atoms with Crippen molar-refractivity contribution in [3.8, 4) is 78.0 Å². The van der Waals surface area contributed by atoms with Gasteiger partial charge in [0.1, 0.15) is 11.5 Å². The van der Waals surface area contributed by atoms with Crippen LogP contribution >= 0.6 is 22.7 Å². The summed E-state index contributed by atoms with van der Waals surface area (Å²) in [5, 5.41) is 3.21. The Hall–Kier alpha value is -8.34. The summed E-state index contributed by atoms with van der Waals surface area (Å²) in [7, 11) is 5.78. The second-order valence-corrected chi connectivity index (χ2v) is 25.0. The molecule has 0 N–H and O–H groups in total. The molecule has 0 spiro atoms. The molecule has 2 aromatic heterocycles. The van der Waals surface area contributed by atoms with Crippen molar-refractivity contribution >= 4 is 55.4 Å². The summed E-state index contributed by atoms with van der Waals surface area (Å²) in [6, 6.07) is 46.7. The summed E-state index contributed by atoms with van der Waals surface area (Å²) in [6.07, 6.45) is 6.13. The summed E-state index contributed by atoms with van der Waals surface area (Å²) in [5.74, 6) is 7.28. The van der Waals surface area contributed by atoms with Crippen LogP contribution in [0.3, 0.4) is 0 Å². The molecule has 4 bridgehead atoms. The van der Waals surface area contributed by atoms with Crippen LogP contribution in [0.2, 0.25) is 0 Å². The van der Waals surface area contributed by atoms with Crippen molar-refractivity contribution in [2.75, 3.05) is 28.4 Å². The van der Waals surface area contributed by atoms with E-state index in [4.69, 9.17) is 18.9 Å². The Kier molecular flexibility index (Phi) is 13.8. The van der Waals surface area contributed by atoms with E-state index in [2.05, 4.69) is 59.8 Å². The first-order chi connectivity index (χ1) is 40.9. The lowest BCUT2D eigenvalue weighted by atomic mass is 9.43. The highest BCUT2D eigenvalue weighted by Gasteiger charge is 2.81. The van der Waals surface area contributed by atoms with E-state index in [0.717, 1.165) is 116 Å². The van der Waals surface area contributed by atoms with E-state index in [1.807, 2.05) is 91.0 Å². The van der Waals surface area contributed by atoms with Crippen molar-refractivity contribution in [3.05, 3.63) is 201 Å². The Morgan fingerprint density at radius 3 is 1.38 bits per heavy atom. The molecule has 426 valence electrons. The Labute approximate surface area is 498 Å². The van der Waals surface area contributed by atoms with Gasteiger partial charge in [-0.25, -0.2) is 0 Å². The summed E-state index contributed by atoms with van der Waals surface area (Å²) in [4.78, 5) is 0.885. The monoisotopic (exact) mass is 1170 g/mol. The van der Waals surface area contributed by atoms with Gasteiger partial charge < -0.3 is 18.9 Å². The predicted molar refractivity (Wildman–Crippen MR) is 329 cm³/mol. The molecule has 0 amide bonds. The molecule has 5 aliphatic rings. The summed E-state index contributed by atoms with van der Waals surface area (Å²) >= 11 is 1.91. The van der Waals surface area contributed by atoms with Gasteiger partial charge in [-0.1, -0.05) is 155 Å². The molecule has 0 saturated heterocycles. The number of methoxy groups -OCH3 is 4. The highest BCUT2D eigenvalue weighted by Crippen LogP contribution is 2.69. The van der Waals surface area contributed by atoms with Gasteiger partial charge >= 0.3 is 17.8 Å². The van der Waals surface area contributed by atoms with Gasteiger partial charge in [-0.2, -0.15) is 26.3 Å². The quantitative estimate of drug-likeness (QED) is 0.0820. The lowest BCUT2D eigenvalue weighted by Crippen LogP contribution is -2.53. The number of rotatable bonds is 9. The highest BCUT2D eigenvalue weighted by atomic mass is 32.1. The van der Waals surface area contributed by atoms with Crippen LogP contribution < -0.4 is 18.9 Å². The molecule has 2 unspecified atom stereocenters. The lowest BCUT2D eigenvalue weighted by molar-refractivity contribution is -0.254. The molecule has 0 radical (unpaired) electrons. The van der Waals surface area contributed by atoms with Gasteiger partial charge in [0.05, 0.1) is 28.4 Å². The number of alkyl halides is 6. The van der Waals surface area contributed by atoms with Gasteiger partial charge in [0.25, 0.3) is 0 Å². The number of thiophene rings is 2. The number of hydrogen-bond acceptors (Lipinski definition) is 6. The normalized spacial score (nSPS) is 21.2. The van der Waals surface area contributed by atoms with Crippen LogP contribution in [-0.4, -0.2) is 46.2 Å². The molecule has 4 fully saturated rings. The maximum absolute atomic E-state index is 16.6. The first kappa shape index (κ1) is 55.8. The lowest BCUT2D eigenvalue weighted by Gasteiger charge is -2.61. The molecule has 12 heteroatoms. The Balaban J connectivity index is 0.804. The molecular weight excluding hydrogens is 1120 g/mol. The number of hydrogen-bond donors (Lipinski definition) is 0. The van der Waals surface area contributed by atoms with E-state index in [9.17, 15) is 0 Å². The van der Waals surface area contributed by atoms with E-state index in [1.165, 1.54) is 28.1 Å². The van der Waals surface area contributed by atoms with Gasteiger partial charge in [0, 0.05) is 86.8 Å². The van der Waals surface area contributed by atoms with Crippen LogP contribution in [0.25, 0.3) is 53.6 Å². The fourth-order valence-electron chi connectivity index (χ4n) is 14.6. The molecule has 7 aromatic carbocycles. The third-order valence-corrected chi connectivity index (χ3v) is 20.6. The fourth-order valence-corrected chi connectivity index (χ4v) is 16.9. The largest absolute Gasteiger partial charge is 0.496 e. The third-order valence-electron chi connectivity index (χ3n) is 17.9. The second-order valence-electron chi connectivity index (χ2n) is 23.0. The molecule has 9 aromatic rings.